The number of benzene rings is 6. The molecular weight excluding hydrogens is 569 g/mol. The lowest BCUT2D eigenvalue weighted by Crippen LogP contribution is -2.17. The van der Waals surface area contributed by atoms with Gasteiger partial charge in [-0.3, -0.25) is 4.98 Å². The van der Waals surface area contributed by atoms with E-state index in [0.717, 1.165) is 16.5 Å². The van der Waals surface area contributed by atoms with Crippen LogP contribution in [0.15, 0.2) is 134 Å². The highest BCUT2D eigenvalue weighted by molar-refractivity contribution is 6.16. The van der Waals surface area contributed by atoms with Crippen molar-refractivity contribution in [2.24, 2.45) is 0 Å². The van der Waals surface area contributed by atoms with E-state index in [0.29, 0.717) is 0 Å². The van der Waals surface area contributed by atoms with Crippen LogP contribution in [0.4, 0.5) is 0 Å². The summed E-state index contributed by atoms with van der Waals surface area (Å²) in [5.74, 6) is 0. The van der Waals surface area contributed by atoms with Crippen LogP contribution in [-0.4, -0.2) is 9.55 Å². The van der Waals surface area contributed by atoms with Crippen LogP contribution in [-0.2, 0) is 10.8 Å². The Labute approximate surface area is 275 Å². The van der Waals surface area contributed by atoms with Gasteiger partial charge in [-0.25, -0.2) is 0 Å². The van der Waals surface area contributed by atoms with E-state index in [1.54, 1.807) is 0 Å². The van der Waals surface area contributed by atoms with Gasteiger partial charge in [-0.15, -0.1) is 0 Å². The molecule has 8 aromatic rings. The lowest BCUT2D eigenvalue weighted by Gasteiger charge is -2.24. The second-order valence-electron chi connectivity index (χ2n) is 14.3. The summed E-state index contributed by atoms with van der Waals surface area (Å²) in [6, 6.07) is 47.1. The molecule has 0 spiro atoms. The maximum absolute atomic E-state index is 4.84. The van der Waals surface area contributed by atoms with Crippen molar-refractivity contribution in [3.63, 3.8) is 0 Å². The zero-order valence-electron chi connectivity index (χ0n) is 27.1. The van der Waals surface area contributed by atoms with Gasteiger partial charge >= 0.3 is 0 Å². The Bertz CT molecular complexity index is 2630. The summed E-state index contributed by atoms with van der Waals surface area (Å²) >= 11 is 0. The van der Waals surface area contributed by atoms with Crippen molar-refractivity contribution >= 4 is 32.7 Å². The molecule has 0 atom stereocenters. The number of aromatic nitrogens is 2. The third-order valence-electron chi connectivity index (χ3n) is 11.2. The number of hydrogen-bond acceptors (Lipinski definition) is 1. The van der Waals surface area contributed by atoms with Crippen molar-refractivity contribution in [2.75, 3.05) is 0 Å². The molecule has 10 rings (SSSR count). The molecule has 224 valence electrons. The van der Waals surface area contributed by atoms with Crippen molar-refractivity contribution in [1.29, 1.82) is 0 Å². The van der Waals surface area contributed by atoms with Gasteiger partial charge < -0.3 is 4.57 Å². The minimum atomic E-state index is -0.172. The molecule has 0 saturated carbocycles. The van der Waals surface area contributed by atoms with Gasteiger partial charge in [0.1, 0.15) is 0 Å². The summed E-state index contributed by atoms with van der Waals surface area (Å²) in [5.41, 5.74) is 18.1. The maximum atomic E-state index is 4.84. The number of rotatable bonds is 2. The van der Waals surface area contributed by atoms with E-state index in [9.17, 15) is 0 Å². The molecular formula is C45H34N2. The Morgan fingerprint density at radius 3 is 2.04 bits per heavy atom. The fourth-order valence-electron chi connectivity index (χ4n) is 9.13. The van der Waals surface area contributed by atoms with Gasteiger partial charge in [0.2, 0.25) is 0 Å². The quantitative estimate of drug-likeness (QED) is 0.192. The Morgan fingerprint density at radius 1 is 0.489 bits per heavy atom. The van der Waals surface area contributed by atoms with Gasteiger partial charge in [-0.05, 0) is 68.8 Å². The standard InChI is InChI=1S/C45H34N2/c1-44(2)33-19-8-5-16-30(33)39-34(44)23-24-35-40(39)32-22-25-38-41(42(32)45(35,3)4)31-17-7-10-21-37(31)47(38)36-20-9-6-15-28(36)29-18-11-13-27-14-12-26-46-43(27)29/h5-26H,1-4H3. The van der Waals surface area contributed by atoms with Crippen LogP contribution >= 0.6 is 0 Å². The van der Waals surface area contributed by atoms with Gasteiger partial charge in [-0.1, -0.05) is 131 Å². The highest BCUT2D eigenvalue weighted by Gasteiger charge is 2.44. The Kier molecular flexibility index (Phi) is 5.16. The first-order valence-corrected chi connectivity index (χ1v) is 16.7. The van der Waals surface area contributed by atoms with Gasteiger partial charge in [0, 0.05) is 44.3 Å². The lowest BCUT2D eigenvalue weighted by molar-refractivity contribution is 0.653. The molecule has 6 aromatic carbocycles. The molecule has 0 saturated heterocycles. The Morgan fingerprint density at radius 2 is 1.17 bits per heavy atom. The van der Waals surface area contributed by atoms with E-state index in [2.05, 4.69) is 154 Å². The summed E-state index contributed by atoms with van der Waals surface area (Å²) < 4.78 is 2.49. The predicted molar refractivity (Wildman–Crippen MR) is 197 cm³/mol. The van der Waals surface area contributed by atoms with Crippen LogP contribution in [0.1, 0.15) is 49.9 Å². The molecule has 47 heavy (non-hydrogen) atoms. The fraction of sp³-hybridized carbons (Fsp3) is 0.133. The molecule has 0 aliphatic heterocycles. The maximum Gasteiger partial charge on any atom is 0.0781 e. The van der Waals surface area contributed by atoms with Gasteiger partial charge in [-0.2, -0.15) is 0 Å². The zero-order chi connectivity index (χ0) is 31.7. The molecule has 2 aliphatic rings. The molecule has 2 nitrogen and oxygen atoms in total. The second-order valence-corrected chi connectivity index (χ2v) is 14.3. The van der Waals surface area contributed by atoms with Crippen LogP contribution in [0.3, 0.4) is 0 Å². The topological polar surface area (TPSA) is 17.8 Å². The third-order valence-corrected chi connectivity index (χ3v) is 11.2. The average molecular weight is 603 g/mol. The van der Waals surface area contributed by atoms with Crippen LogP contribution < -0.4 is 0 Å². The van der Waals surface area contributed by atoms with Crippen molar-refractivity contribution in [1.82, 2.24) is 9.55 Å². The van der Waals surface area contributed by atoms with E-state index in [1.807, 2.05) is 12.3 Å². The summed E-state index contributed by atoms with van der Waals surface area (Å²) in [6.45, 7) is 9.62. The van der Waals surface area contributed by atoms with Gasteiger partial charge in [0.15, 0.2) is 0 Å². The van der Waals surface area contributed by atoms with Gasteiger partial charge in [0.05, 0.1) is 22.2 Å². The molecule has 2 heterocycles. The van der Waals surface area contributed by atoms with Crippen LogP contribution in [0.5, 0.6) is 0 Å². The number of para-hydroxylation sites is 3. The smallest absolute Gasteiger partial charge is 0.0781 e. The largest absolute Gasteiger partial charge is 0.309 e. The van der Waals surface area contributed by atoms with Crippen LogP contribution in [0.25, 0.3) is 71.8 Å². The Balaban J connectivity index is 1.31. The number of nitrogens with zero attached hydrogens (tertiary/aromatic N) is 2. The predicted octanol–water partition coefficient (Wildman–Crippen LogP) is 11.6. The monoisotopic (exact) mass is 602 g/mol. The SMILES string of the molecule is CC1(C)c2ccccc2-c2c1ccc1c2-c2ccc3c(c2C1(C)C)c1ccccc1n3-c1ccccc1-c1cccc2cccnc12. The molecule has 0 radical (unpaired) electrons. The van der Waals surface area contributed by atoms with Crippen molar-refractivity contribution in [3.8, 4) is 39.1 Å². The number of hydrogen-bond donors (Lipinski definition) is 0. The summed E-state index contributed by atoms with van der Waals surface area (Å²) in [4.78, 5) is 4.84. The van der Waals surface area contributed by atoms with Crippen LogP contribution in [0.2, 0.25) is 0 Å². The van der Waals surface area contributed by atoms with E-state index in [-0.39, 0.29) is 10.8 Å². The number of fused-ring (bicyclic) bond motifs is 12. The molecule has 0 unspecified atom stereocenters. The second kappa shape index (κ2) is 9.08. The van der Waals surface area contributed by atoms with E-state index >= 15 is 0 Å². The number of pyridine rings is 1. The first-order chi connectivity index (χ1) is 22.9. The lowest BCUT2D eigenvalue weighted by atomic mass is 9.78. The van der Waals surface area contributed by atoms with Crippen LogP contribution in [0, 0.1) is 0 Å². The molecule has 2 aliphatic carbocycles. The minimum Gasteiger partial charge on any atom is -0.309 e. The van der Waals surface area contributed by atoms with Gasteiger partial charge in [0.25, 0.3) is 0 Å². The van der Waals surface area contributed by atoms with Crippen molar-refractivity contribution in [3.05, 3.63) is 156 Å². The highest BCUT2D eigenvalue weighted by atomic mass is 15.0. The van der Waals surface area contributed by atoms with E-state index in [1.165, 1.54) is 77.6 Å². The summed E-state index contributed by atoms with van der Waals surface area (Å²) in [7, 11) is 0. The molecule has 0 bridgehead atoms. The fourth-order valence-corrected chi connectivity index (χ4v) is 9.13. The highest BCUT2D eigenvalue weighted by Crippen LogP contribution is 2.60. The third kappa shape index (κ3) is 3.32. The van der Waals surface area contributed by atoms with E-state index in [4.69, 9.17) is 4.98 Å². The Hall–Kier alpha value is -5.47. The van der Waals surface area contributed by atoms with E-state index < -0.39 is 0 Å². The molecule has 2 heteroatoms. The molecule has 2 aromatic heterocycles. The van der Waals surface area contributed by atoms with Crippen molar-refractivity contribution < 1.29 is 0 Å². The summed E-state index contributed by atoms with van der Waals surface area (Å²) in [5, 5.41) is 3.80. The minimum absolute atomic E-state index is 0.0336. The first kappa shape index (κ1) is 26.7. The zero-order valence-corrected chi connectivity index (χ0v) is 27.1. The molecule has 0 N–H and O–H groups in total. The first-order valence-electron chi connectivity index (χ1n) is 16.7. The summed E-state index contributed by atoms with van der Waals surface area (Å²) in [6.07, 6.45) is 1.90. The normalized spacial score (nSPS) is 15.1. The molecule has 0 amide bonds. The van der Waals surface area contributed by atoms with Crippen molar-refractivity contribution in [2.45, 2.75) is 38.5 Å². The average Bonchev–Trinajstić information content (AvgIpc) is 3.65. The molecule has 0 fully saturated rings.